The van der Waals surface area contributed by atoms with Gasteiger partial charge in [0.2, 0.25) is 0 Å². The lowest BCUT2D eigenvalue weighted by Crippen LogP contribution is -2.29. The number of hydrogen-bond donors (Lipinski definition) is 1. The molecule has 0 aliphatic carbocycles. The Morgan fingerprint density at radius 3 is 2.40 bits per heavy atom. The first-order valence-corrected chi connectivity index (χ1v) is 9.32. The molecule has 30 heavy (non-hydrogen) atoms. The number of pyridine rings is 1. The van der Waals surface area contributed by atoms with E-state index in [1.807, 2.05) is 0 Å². The monoisotopic (exact) mass is 435 g/mol. The van der Waals surface area contributed by atoms with E-state index in [0.717, 1.165) is 19.2 Å². The molecule has 156 valence electrons. The highest BCUT2D eigenvalue weighted by molar-refractivity contribution is 6.31. The van der Waals surface area contributed by atoms with Crippen molar-refractivity contribution >= 4 is 17.6 Å². The normalized spacial score (nSPS) is 13.0. The van der Waals surface area contributed by atoms with Crippen LogP contribution in [0.15, 0.2) is 48.5 Å². The second-order valence-electron chi connectivity index (χ2n) is 6.54. The van der Waals surface area contributed by atoms with Gasteiger partial charge in [0.05, 0.1) is 23.4 Å². The zero-order valence-corrected chi connectivity index (χ0v) is 16.8. The van der Waals surface area contributed by atoms with Gasteiger partial charge in [-0.25, -0.2) is 22.9 Å². The molecule has 0 radical (unpaired) electrons. The van der Waals surface area contributed by atoms with Crippen LogP contribution in [-0.4, -0.2) is 23.2 Å². The molecule has 0 fully saturated rings. The molecule has 4 nitrogen and oxygen atoms in total. The lowest BCUT2D eigenvalue weighted by Gasteiger charge is -2.28. The van der Waals surface area contributed by atoms with E-state index in [1.165, 1.54) is 0 Å². The van der Waals surface area contributed by atoms with Crippen molar-refractivity contribution in [1.82, 2.24) is 4.98 Å². The maximum absolute atomic E-state index is 15.1. The summed E-state index contributed by atoms with van der Waals surface area (Å²) < 4.78 is 47.8. The van der Waals surface area contributed by atoms with Crippen LogP contribution in [0.2, 0.25) is 5.02 Å². The van der Waals surface area contributed by atoms with Gasteiger partial charge in [-0.2, -0.15) is 0 Å². The molecule has 0 aliphatic rings. The lowest BCUT2D eigenvalue weighted by atomic mass is 9.86. The summed E-state index contributed by atoms with van der Waals surface area (Å²) in [5, 5.41) is 10.9. The van der Waals surface area contributed by atoms with E-state index < -0.39 is 50.9 Å². The van der Waals surface area contributed by atoms with Crippen LogP contribution >= 0.6 is 11.6 Å². The fraction of sp³-hybridized carbons (Fsp3) is 0.182. The third-order valence-electron chi connectivity index (χ3n) is 4.81. The largest absolute Gasteiger partial charge is 0.465 e. The maximum atomic E-state index is 15.1. The number of rotatable bonds is 5. The number of esters is 1. The Bertz CT molecular complexity index is 1110. The smallest absolute Gasteiger partial charge is 0.340 e. The van der Waals surface area contributed by atoms with Crippen molar-refractivity contribution in [2.75, 3.05) is 7.11 Å². The summed E-state index contributed by atoms with van der Waals surface area (Å²) in [5.74, 6) is -4.38. The first-order chi connectivity index (χ1) is 14.2. The van der Waals surface area contributed by atoms with E-state index in [9.17, 15) is 18.7 Å². The molecule has 2 aromatic carbocycles. The molecule has 1 heterocycles. The van der Waals surface area contributed by atoms with Gasteiger partial charge in [-0.3, -0.25) is 0 Å². The molecule has 0 unspecified atom stereocenters. The number of aliphatic hydroxyl groups is 1. The van der Waals surface area contributed by atoms with Gasteiger partial charge in [-0.1, -0.05) is 48.9 Å². The quantitative estimate of drug-likeness (QED) is 0.439. The van der Waals surface area contributed by atoms with Gasteiger partial charge in [0.1, 0.15) is 22.9 Å². The van der Waals surface area contributed by atoms with E-state index in [0.29, 0.717) is 11.6 Å². The molecule has 1 atom stereocenters. The summed E-state index contributed by atoms with van der Waals surface area (Å²) in [7, 11) is 1.06. The van der Waals surface area contributed by atoms with Gasteiger partial charge in [0, 0.05) is 11.6 Å². The Kier molecular flexibility index (Phi) is 6.14. The second-order valence-corrected chi connectivity index (χ2v) is 6.94. The van der Waals surface area contributed by atoms with Crippen molar-refractivity contribution in [3.63, 3.8) is 0 Å². The third-order valence-corrected chi connectivity index (χ3v) is 5.10. The number of methoxy groups -OCH3 is 1. The molecule has 0 amide bonds. The Morgan fingerprint density at radius 2 is 1.80 bits per heavy atom. The summed E-state index contributed by atoms with van der Waals surface area (Å²) in [5.41, 5.74) is -3.00. The van der Waals surface area contributed by atoms with E-state index in [4.69, 9.17) is 11.6 Å². The predicted octanol–water partition coefficient (Wildman–Crippen LogP) is 5.25. The van der Waals surface area contributed by atoms with Crippen LogP contribution in [0, 0.1) is 17.5 Å². The van der Waals surface area contributed by atoms with Crippen molar-refractivity contribution in [1.29, 1.82) is 0 Å². The Labute approximate surface area is 175 Å². The highest BCUT2D eigenvalue weighted by Gasteiger charge is 2.34. The second kappa shape index (κ2) is 8.45. The lowest BCUT2D eigenvalue weighted by molar-refractivity contribution is 0.0590. The van der Waals surface area contributed by atoms with Gasteiger partial charge < -0.3 is 9.84 Å². The number of nitrogens with zero attached hydrogens (tertiary/aromatic N) is 1. The molecule has 0 saturated carbocycles. The number of halogens is 4. The number of benzene rings is 2. The zero-order chi connectivity index (χ0) is 22.1. The summed E-state index contributed by atoms with van der Waals surface area (Å²) in [6.07, 6.45) is 0.113. The number of hydrogen-bond acceptors (Lipinski definition) is 4. The molecular formula is C22H17ClF3NO3. The average Bonchev–Trinajstić information content (AvgIpc) is 2.76. The summed E-state index contributed by atoms with van der Waals surface area (Å²) in [6.45, 7) is 1.67. The van der Waals surface area contributed by atoms with E-state index in [-0.39, 0.29) is 12.1 Å². The molecule has 0 saturated heterocycles. The molecule has 1 aromatic heterocycles. The van der Waals surface area contributed by atoms with E-state index >= 15 is 4.39 Å². The van der Waals surface area contributed by atoms with Gasteiger partial charge in [-0.05, 0) is 24.1 Å². The number of ether oxygens (including phenoxy) is 1. The highest BCUT2D eigenvalue weighted by atomic mass is 35.5. The van der Waals surface area contributed by atoms with Crippen molar-refractivity contribution in [3.05, 3.63) is 87.8 Å². The average molecular weight is 436 g/mol. The van der Waals surface area contributed by atoms with Crippen LogP contribution in [0.1, 0.15) is 35.0 Å². The van der Waals surface area contributed by atoms with Crippen LogP contribution in [0.3, 0.4) is 0 Å². The molecule has 0 spiro atoms. The van der Waals surface area contributed by atoms with Crippen molar-refractivity contribution < 1.29 is 27.8 Å². The van der Waals surface area contributed by atoms with Crippen LogP contribution in [0.25, 0.3) is 11.3 Å². The van der Waals surface area contributed by atoms with Crippen LogP contribution in [0.5, 0.6) is 0 Å². The van der Waals surface area contributed by atoms with Gasteiger partial charge >= 0.3 is 5.97 Å². The number of carbonyl (C=O) groups is 1. The third kappa shape index (κ3) is 3.78. The number of aromatic nitrogens is 1. The summed E-state index contributed by atoms with van der Waals surface area (Å²) >= 11 is 5.74. The summed E-state index contributed by atoms with van der Waals surface area (Å²) in [6, 6.07) is 10.8. The Balaban J connectivity index is 2.35. The molecule has 3 aromatic rings. The number of carbonyl (C=O) groups excluding carboxylic acids is 1. The predicted molar refractivity (Wildman–Crippen MR) is 106 cm³/mol. The van der Waals surface area contributed by atoms with Crippen molar-refractivity contribution in [2.24, 2.45) is 0 Å². The fourth-order valence-electron chi connectivity index (χ4n) is 3.13. The topological polar surface area (TPSA) is 59.4 Å². The molecule has 0 aliphatic heterocycles. The molecule has 1 N–H and O–H groups in total. The minimum absolute atomic E-state index is 0.104. The Hall–Kier alpha value is -2.90. The minimum Gasteiger partial charge on any atom is -0.465 e. The summed E-state index contributed by atoms with van der Waals surface area (Å²) in [4.78, 5) is 16.3. The SMILES string of the molecule is CC[C@@](O)(c1ccccc1)c1cc(C(=O)OC)c(F)c(-c2cc(Cl)c(F)cc2F)n1. The Morgan fingerprint density at radius 1 is 1.13 bits per heavy atom. The zero-order valence-electron chi connectivity index (χ0n) is 16.0. The van der Waals surface area contributed by atoms with Gasteiger partial charge in [0.25, 0.3) is 0 Å². The first-order valence-electron chi connectivity index (χ1n) is 8.95. The highest BCUT2D eigenvalue weighted by Crippen LogP contribution is 2.36. The maximum Gasteiger partial charge on any atom is 0.340 e. The fourth-order valence-corrected chi connectivity index (χ4v) is 3.29. The molecule has 0 bridgehead atoms. The molecule has 3 rings (SSSR count). The van der Waals surface area contributed by atoms with Crippen LogP contribution in [0.4, 0.5) is 13.2 Å². The standard InChI is InChI=1S/C22H17ClF3NO3/c1-3-22(29,12-7-5-4-6-8-12)18-10-14(21(28)30-2)19(26)20(27-18)13-9-15(23)17(25)11-16(13)24/h4-11,29H,3H2,1-2H3/t22-/m1/s1. The van der Waals surface area contributed by atoms with Crippen LogP contribution in [-0.2, 0) is 10.3 Å². The molecule has 8 heteroatoms. The van der Waals surface area contributed by atoms with Crippen molar-refractivity contribution in [3.8, 4) is 11.3 Å². The first kappa shape index (κ1) is 21.8. The van der Waals surface area contributed by atoms with Crippen molar-refractivity contribution in [2.45, 2.75) is 18.9 Å². The molecular weight excluding hydrogens is 419 g/mol. The minimum atomic E-state index is -1.72. The van der Waals surface area contributed by atoms with Gasteiger partial charge in [-0.15, -0.1) is 0 Å². The van der Waals surface area contributed by atoms with E-state index in [1.54, 1.807) is 37.3 Å². The van der Waals surface area contributed by atoms with Crippen LogP contribution < -0.4 is 0 Å². The van der Waals surface area contributed by atoms with E-state index in [2.05, 4.69) is 9.72 Å². The van der Waals surface area contributed by atoms with Gasteiger partial charge in [0.15, 0.2) is 5.82 Å².